The fraction of sp³-hybridized carbons (Fsp3) is 0.750. The molecule has 9 heavy (non-hydrogen) atoms. The van der Waals surface area contributed by atoms with E-state index in [1.165, 1.54) is 0 Å². The average Bonchev–Trinajstić information content (AvgIpc) is 1.65. The summed E-state index contributed by atoms with van der Waals surface area (Å²) in [7, 11) is 0. The summed E-state index contributed by atoms with van der Waals surface area (Å²) in [5, 5.41) is 26.8. The zero-order chi connectivity index (χ0) is 7.49. The summed E-state index contributed by atoms with van der Waals surface area (Å²) in [5.41, 5.74) is 0. The zero-order valence-electron chi connectivity index (χ0n) is 4.96. The third-order valence-electron chi connectivity index (χ3n) is 0.721. The first-order chi connectivity index (χ1) is 4.00. The number of nitrogens with one attached hydrogen (secondary N) is 1. The Kier molecular flexibility index (Phi) is 2.57. The standard InChI is InChI=1S/C4H9NO4/c1-2-5-4(8,9)3(6)7/h5,8-9H,2H2,1H3,(H,6,7). The van der Waals surface area contributed by atoms with Crippen molar-refractivity contribution >= 4 is 5.97 Å². The van der Waals surface area contributed by atoms with Crippen LogP contribution in [0.1, 0.15) is 6.92 Å². The van der Waals surface area contributed by atoms with E-state index in [0.29, 0.717) is 0 Å². The lowest BCUT2D eigenvalue weighted by Gasteiger charge is -2.15. The minimum atomic E-state index is -2.78. The van der Waals surface area contributed by atoms with Gasteiger partial charge in [0.15, 0.2) is 0 Å². The fourth-order valence-electron chi connectivity index (χ4n) is 0.322. The molecule has 0 fully saturated rings. The summed E-state index contributed by atoms with van der Waals surface area (Å²) in [5.74, 6) is -4.49. The molecule has 0 amide bonds. The first kappa shape index (κ1) is 8.35. The Bertz CT molecular complexity index is 111. The molecule has 0 aliphatic rings. The number of carboxylic acid groups (broad SMARTS) is 1. The van der Waals surface area contributed by atoms with Gasteiger partial charge in [-0.15, -0.1) is 0 Å². The quantitative estimate of drug-likeness (QED) is 0.347. The van der Waals surface area contributed by atoms with Crippen LogP contribution in [0.15, 0.2) is 0 Å². The smallest absolute Gasteiger partial charge is 0.381 e. The Morgan fingerprint density at radius 1 is 1.67 bits per heavy atom. The van der Waals surface area contributed by atoms with Gasteiger partial charge in [-0.05, 0) is 6.54 Å². The third kappa shape index (κ3) is 2.41. The molecule has 0 saturated carbocycles. The van der Waals surface area contributed by atoms with Crippen molar-refractivity contribution in [2.24, 2.45) is 0 Å². The van der Waals surface area contributed by atoms with E-state index in [4.69, 9.17) is 15.3 Å². The van der Waals surface area contributed by atoms with Gasteiger partial charge >= 0.3 is 11.9 Å². The molecule has 0 radical (unpaired) electrons. The maximum atomic E-state index is 9.85. The Hall–Kier alpha value is -0.650. The third-order valence-corrected chi connectivity index (χ3v) is 0.721. The molecule has 0 bridgehead atoms. The maximum Gasteiger partial charge on any atom is 0.381 e. The van der Waals surface area contributed by atoms with Crippen LogP contribution < -0.4 is 5.32 Å². The molecule has 0 aromatic carbocycles. The van der Waals surface area contributed by atoms with E-state index in [-0.39, 0.29) is 6.54 Å². The summed E-state index contributed by atoms with van der Waals surface area (Å²) in [6.45, 7) is 1.74. The molecule has 0 aromatic heterocycles. The van der Waals surface area contributed by atoms with Gasteiger partial charge in [0, 0.05) is 0 Å². The average molecular weight is 135 g/mol. The highest BCUT2D eigenvalue weighted by atomic mass is 16.6. The Morgan fingerprint density at radius 2 is 2.11 bits per heavy atom. The topological polar surface area (TPSA) is 89.8 Å². The van der Waals surface area contributed by atoms with Crippen molar-refractivity contribution in [3.63, 3.8) is 0 Å². The molecule has 0 unspecified atom stereocenters. The van der Waals surface area contributed by atoms with Gasteiger partial charge in [-0.3, -0.25) is 5.32 Å². The normalized spacial score (nSPS) is 11.4. The van der Waals surface area contributed by atoms with E-state index in [9.17, 15) is 4.79 Å². The van der Waals surface area contributed by atoms with Crippen molar-refractivity contribution in [1.82, 2.24) is 5.32 Å². The highest BCUT2D eigenvalue weighted by Gasteiger charge is 2.31. The lowest BCUT2D eigenvalue weighted by Crippen LogP contribution is -2.51. The predicted octanol–water partition coefficient (Wildman–Crippen LogP) is -1.68. The van der Waals surface area contributed by atoms with Gasteiger partial charge in [0.05, 0.1) is 0 Å². The summed E-state index contributed by atoms with van der Waals surface area (Å²) >= 11 is 0. The van der Waals surface area contributed by atoms with Crippen LogP contribution in [0.2, 0.25) is 0 Å². The second-order valence-electron chi connectivity index (χ2n) is 1.51. The Morgan fingerprint density at radius 3 is 2.22 bits per heavy atom. The van der Waals surface area contributed by atoms with Gasteiger partial charge < -0.3 is 15.3 Å². The fourth-order valence-corrected chi connectivity index (χ4v) is 0.322. The number of aliphatic carboxylic acids is 1. The van der Waals surface area contributed by atoms with E-state index in [2.05, 4.69) is 0 Å². The van der Waals surface area contributed by atoms with Gasteiger partial charge in [0.2, 0.25) is 0 Å². The molecule has 0 aromatic rings. The van der Waals surface area contributed by atoms with Crippen LogP contribution in [0, 0.1) is 0 Å². The zero-order valence-corrected chi connectivity index (χ0v) is 4.96. The van der Waals surface area contributed by atoms with Crippen LogP contribution in [0.3, 0.4) is 0 Å². The molecule has 54 valence electrons. The second-order valence-corrected chi connectivity index (χ2v) is 1.51. The SMILES string of the molecule is CCNC(O)(O)C(=O)O. The number of rotatable bonds is 3. The molecule has 5 nitrogen and oxygen atoms in total. The predicted molar refractivity (Wildman–Crippen MR) is 28.5 cm³/mol. The lowest BCUT2D eigenvalue weighted by atomic mass is 10.5. The van der Waals surface area contributed by atoms with E-state index in [0.717, 1.165) is 0 Å². The molecule has 0 rings (SSSR count). The first-order valence-electron chi connectivity index (χ1n) is 2.44. The van der Waals surface area contributed by atoms with Gasteiger partial charge in [-0.1, -0.05) is 6.92 Å². The number of carboxylic acids is 1. The van der Waals surface area contributed by atoms with Crippen LogP contribution in [0.5, 0.6) is 0 Å². The summed E-state index contributed by atoms with van der Waals surface area (Å²) < 4.78 is 0. The number of likely N-dealkylation sites (N-methyl/N-ethyl adjacent to an activating group) is 1. The molecular formula is C4H9NO4. The van der Waals surface area contributed by atoms with Crippen LogP contribution >= 0.6 is 0 Å². The van der Waals surface area contributed by atoms with Gasteiger partial charge in [0.25, 0.3) is 0 Å². The Labute approximate surface area is 51.9 Å². The van der Waals surface area contributed by atoms with Gasteiger partial charge in [0.1, 0.15) is 0 Å². The molecule has 0 spiro atoms. The monoisotopic (exact) mass is 135 g/mol. The minimum absolute atomic E-state index is 0.180. The summed E-state index contributed by atoms with van der Waals surface area (Å²) in [6, 6.07) is 0. The lowest BCUT2D eigenvalue weighted by molar-refractivity contribution is -0.214. The molecule has 0 aliphatic carbocycles. The largest absolute Gasteiger partial charge is 0.476 e. The number of hydrogen-bond donors (Lipinski definition) is 4. The number of hydrogen-bond acceptors (Lipinski definition) is 4. The van der Waals surface area contributed by atoms with Gasteiger partial charge in [-0.25, -0.2) is 4.79 Å². The number of aliphatic hydroxyl groups is 2. The van der Waals surface area contributed by atoms with E-state index >= 15 is 0 Å². The van der Waals surface area contributed by atoms with Crippen LogP contribution in [-0.4, -0.2) is 33.7 Å². The summed E-state index contributed by atoms with van der Waals surface area (Å²) in [4.78, 5) is 9.85. The summed E-state index contributed by atoms with van der Waals surface area (Å²) in [6.07, 6.45) is 0. The molecular weight excluding hydrogens is 126 g/mol. The first-order valence-corrected chi connectivity index (χ1v) is 2.44. The second kappa shape index (κ2) is 2.77. The maximum absolute atomic E-state index is 9.85. The van der Waals surface area contributed by atoms with Crippen molar-refractivity contribution in [1.29, 1.82) is 0 Å². The van der Waals surface area contributed by atoms with Crippen molar-refractivity contribution in [3.05, 3.63) is 0 Å². The van der Waals surface area contributed by atoms with E-state index in [1.54, 1.807) is 6.92 Å². The minimum Gasteiger partial charge on any atom is -0.476 e. The van der Waals surface area contributed by atoms with E-state index < -0.39 is 11.9 Å². The van der Waals surface area contributed by atoms with Crippen LogP contribution in [-0.2, 0) is 4.79 Å². The highest BCUT2D eigenvalue weighted by molar-refractivity contribution is 5.74. The molecule has 0 saturated heterocycles. The molecule has 0 aliphatic heterocycles. The number of carbonyl (C=O) groups is 1. The van der Waals surface area contributed by atoms with E-state index in [1.807, 2.05) is 5.32 Å². The Balaban J connectivity index is 3.85. The van der Waals surface area contributed by atoms with Crippen molar-refractivity contribution in [2.75, 3.05) is 6.54 Å². The highest BCUT2D eigenvalue weighted by Crippen LogP contribution is 1.90. The van der Waals surface area contributed by atoms with Crippen LogP contribution in [0.25, 0.3) is 0 Å². The van der Waals surface area contributed by atoms with Crippen molar-refractivity contribution < 1.29 is 20.1 Å². The molecule has 0 heterocycles. The molecule has 0 atom stereocenters. The van der Waals surface area contributed by atoms with Crippen LogP contribution in [0.4, 0.5) is 0 Å². The van der Waals surface area contributed by atoms with Crippen molar-refractivity contribution in [2.45, 2.75) is 12.8 Å². The van der Waals surface area contributed by atoms with Crippen molar-refractivity contribution in [3.8, 4) is 0 Å². The van der Waals surface area contributed by atoms with Gasteiger partial charge in [-0.2, -0.15) is 0 Å². The molecule has 5 heteroatoms. The molecule has 4 N–H and O–H groups in total.